The van der Waals surface area contributed by atoms with Gasteiger partial charge in [-0.15, -0.1) is 0 Å². The SMILES string of the molecule is CC(C=O)c1ccc(Oc2ccc(F)cc2)c(F)c1. The smallest absolute Gasteiger partial charge is 0.166 e. The highest BCUT2D eigenvalue weighted by atomic mass is 19.1. The Kier molecular flexibility index (Phi) is 3.90. The molecule has 1 unspecified atom stereocenters. The summed E-state index contributed by atoms with van der Waals surface area (Å²) >= 11 is 0. The van der Waals surface area contributed by atoms with Gasteiger partial charge in [0.25, 0.3) is 0 Å². The van der Waals surface area contributed by atoms with Crippen molar-refractivity contribution in [1.82, 2.24) is 0 Å². The second kappa shape index (κ2) is 5.61. The summed E-state index contributed by atoms with van der Waals surface area (Å²) < 4.78 is 31.8. The first-order valence-electron chi connectivity index (χ1n) is 5.78. The lowest BCUT2D eigenvalue weighted by Crippen LogP contribution is -1.96. The first-order chi connectivity index (χ1) is 9.10. The lowest BCUT2D eigenvalue weighted by Gasteiger charge is -2.09. The van der Waals surface area contributed by atoms with Crippen molar-refractivity contribution >= 4 is 6.29 Å². The van der Waals surface area contributed by atoms with Crippen molar-refractivity contribution < 1.29 is 18.3 Å². The third-order valence-electron chi connectivity index (χ3n) is 2.73. The van der Waals surface area contributed by atoms with E-state index in [1.807, 2.05) is 0 Å². The maximum absolute atomic E-state index is 13.8. The van der Waals surface area contributed by atoms with Crippen LogP contribution in [0.3, 0.4) is 0 Å². The fourth-order valence-corrected chi connectivity index (χ4v) is 1.59. The quantitative estimate of drug-likeness (QED) is 0.777. The minimum Gasteiger partial charge on any atom is -0.454 e. The first-order valence-corrected chi connectivity index (χ1v) is 5.78. The Morgan fingerprint density at radius 3 is 2.37 bits per heavy atom. The highest BCUT2D eigenvalue weighted by molar-refractivity contribution is 5.61. The summed E-state index contributed by atoms with van der Waals surface area (Å²) in [6.07, 6.45) is 0.745. The molecule has 0 amide bonds. The highest BCUT2D eigenvalue weighted by Crippen LogP contribution is 2.27. The molecule has 0 saturated carbocycles. The first kappa shape index (κ1) is 13.2. The summed E-state index contributed by atoms with van der Waals surface area (Å²) in [7, 11) is 0. The molecule has 0 saturated heterocycles. The molecule has 1 atom stereocenters. The topological polar surface area (TPSA) is 26.3 Å². The second-order valence-corrected chi connectivity index (χ2v) is 4.17. The van der Waals surface area contributed by atoms with Crippen molar-refractivity contribution in [3.63, 3.8) is 0 Å². The number of ether oxygens (including phenoxy) is 1. The lowest BCUT2D eigenvalue weighted by atomic mass is 10.0. The van der Waals surface area contributed by atoms with Crippen molar-refractivity contribution in [1.29, 1.82) is 0 Å². The molecule has 2 aromatic rings. The molecule has 0 aromatic heterocycles. The van der Waals surface area contributed by atoms with Crippen LogP contribution >= 0.6 is 0 Å². The molecule has 4 heteroatoms. The average molecular weight is 262 g/mol. The highest BCUT2D eigenvalue weighted by Gasteiger charge is 2.10. The van der Waals surface area contributed by atoms with Crippen LogP contribution in [0.2, 0.25) is 0 Å². The molecule has 0 bridgehead atoms. The number of rotatable bonds is 4. The Morgan fingerprint density at radius 2 is 1.79 bits per heavy atom. The van der Waals surface area contributed by atoms with E-state index < -0.39 is 5.82 Å². The molecule has 19 heavy (non-hydrogen) atoms. The summed E-state index contributed by atoms with van der Waals surface area (Å²) in [5.74, 6) is -0.933. The van der Waals surface area contributed by atoms with Gasteiger partial charge in [0.05, 0.1) is 0 Å². The largest absolute Gasteiger partial charge is 0.454 e. The molecule has 2 rings (SSSR count). The van der Waals surface area contributed by atoms with E-state index in [4.69, 9.17) is 4.74 Å². The molecule has 0 aliphatic heterocycles. The van der Waals surface area contributed by atoms with Gasteiger partial charge in [-0.1, -0.05) is 13.0 Å². The van der Waals surface area contributed by atoms with Crippen molar-refractivity contribution in [2.24, 2.45) is 0 Å². The number of hydrogen-bond acceptors (Lipinski definition) is 2. The maximum Gasteiger partial charge on any atom is 0.166 e. The van der Waals surface area contributed by atoms with Crippen LogP contribution in [0.1, 0.15) is 18.4 Å². The van der Waals surface area contributed by atoms with Gasteiger partial charge in [0, 0.05) is 5.92 Å². The van der Waals surface area contributed by atoms with Gasteiger partial charge in [-0.25, -0.2) is 8.78 Å². The number of hydrogen-bond donors (Lipinski definition) is 0. The van der Waals surface area contributed by atoms with Gasteiger partial charge < -0.3 is 9.53 Å². The molecule has 98 valence electrons. The van der Waals surface area contributed by atoms with Gasteiger partial charge in [-0.3, -0.25) is 0 Å². The van der Waals surface area contributed by atoms with E-state index in [1.54, 1.807) is 13.0 Å². The molecule has 0 radical (unpaired) electrons. The van der Waals surface area contributed by atoms with E-state index in [0.717, 1.165) is 6.29 Å². The Morgan fingerprint density at radius 1 is 1.11 bits per heavy atom. The number of halogens is 2. The number of aldehydes is 1. The predicted molar refractivity (Wildman–Crippen MR) is 67.4 cm³/mol. The fourth-order valence-electron chi connectivity index (χ4n) is 1.59. The normalized spacial score (nSPS) is 11.9. The molecular weight excluding hydrogens is 250 g/mol. The third-order valence-corrected chi connectivity index (χ3v) is 2.73. The van der Waals surface area contributed by atoms with Crippen LogP contribution in [0.15, 0.2) is 42.5 Å². The van der Waals surface area contributed by atoms with Crippen LogP contribution in [0.4, 0.5) is 8.78 Å². The van der Waals surface area contributed by atoms with E-state index in [1.165, 1.54) is 36.4 Å². The van der Waals surface area contributed by atoms with Gasteiger partial charge in [0.1, 0.15) is 17.9 Å². The molecule has 0 spiro atoms. The zero-order valence-corrected chi connectivity index (χ0v) is 10.3. The summed E-state index contributed by atoms with van der Waals surface area (Å²) in [6, 6.07) is 9.63. The molecule has 0 N–H and O–H groups in total. The average Bonchev–Trinajstić information content (AvgIpc) is 2.42. The minimum absolute atomic E-state index is 0.0356. The van der Waals surface area contributed by atoms with Gasteiger partial charge in [0.15, 0.2) is 11.6 Å². The van der Waals surface area contributed by atoms with Crippen molar-refractivity contribution in [2.45, 2.75) is 12.8 Å². The minimum atomic E-state index is -0.560. The number of carbonyl (C=O) groups excluding carboxylic acids is 1. The zero-order chi connectivity index (χ0) is 13.8. The van der Waals surface area contributed by atoms with E-state index in [9.17, 15) is 13.6 Å². The molecular formula is C15H12F2O2. The monoisotopic (exact) mass is 262 g/mol. The van der Waals surface area contributed by atoms with Crippen LogP contribution in [0, 0.1) is 11.6 Å². The van der Waals surface area contributed by atoms with Crippen LogP contribution in [-0.2, 0) is 4.79 Å². The third kappa shape index (κ3) is 3.16. The molecule has 2 nitrogen and oxygen atoms in total. The summed E-state index contributed by atoms with van der Waals surface area (Å²) in [4.78, 5) is 10.6. The standard InChI is InChI=1S/C15H12F2O2/c1-10(9-18)11-2-7-15(14(17)8-11)19-13-5-3-12(16)4-6-13/h2-10H,1H3. The van der Waals surface area contributed by atoms with Crippen LogP contribution < -0.4 is 4.74 Å². The Labute approximate surface area is 109 Å². The van der Waals surface area contributed by atoms with Gasteiger partial charge >= 0.3 is 0 Å². The van der Waals surface area contributed by atoms with E-state index in [0.29, 0.717) is 11.3 Å². The number of carbonyl (C=O) groups is 1. The lowest BCUT2D eigenvalue weighted by molar-refractivity contribution is -0.108. The maximum atomic E-state index is 13.8. The van der Waals surface area contributed by atoms with Crippen LogP contribution in [0.5, 0.6) is 11.5 Å². The van der Waals surface area contributed by atoms with Crippen LogP contribution in [-0.4, -0.2) is 6.29 Å². The predicted octanol–water partition coefficient (Wildman–Crippen LogP) is 4.06. The molecule has 0 heterocycles. The van der Waals surface area contributed by atoms with Crippen LogP contribution in [0.25, 0.3) is 0 Å². The second-order valence-electron chi connectivity index (χ2n) is 4.17. The molecule has 2 aromatic carbocycles. The summed E-state index contributed by atoms with van der Waals surface area (Å²) in [6.45, 7) is 1.68. The Bertz CT molecular complexity index is 579. The van der Waals surface area contributed by atoms with Crippen molar-refractivity contribution in [3.05, 3.63) is 59.7 Å². The molecule has 0 aliphatic rings. The molecule has 0 fully saturated rings. The van der Waals surface area contributed by atoms with Crippen molar-refractivity contribution in [3.8, 4) is 11.5 Å². The molecule has 0 aliphatic carbocycles. The number of benzene rings is 2. The Hall–Kier alpha value is -2.23. The summed E-state index contributed by atoms with van der Waals surface area (Å²) in [5.41, 5.74) is 0.582. The van der Waals surface area contributed by atoms with Gasteiger partial charge in [-0.05, 0) is 42.0 Å². The van der Waals surface area contributed by atoms with E-state index >= 15 is 0 Å². The Balaban J connectivity index is 2.21. The summed E-state index contributed by atoms with van der Waals surface area (Å²) in [5, 5.41) is 0. The van der Waals surface area contributed by atoms with Gasteiger partial charge in [0.2, 0.25) is 0 Å². The van der Waals surface area contributed by atoms with Crippen molar-refractivity contribution in [2.75, 3.05) is 0 Å². The fraction of sp³-hybridized carbons (Fsp3) is 0.133. The zero-order valence-electron chi connectivity index (χ0n) is 10.3. The van der Waals surface area contributed by atoms with E-state index in [2.05, 4.69) is 0 Å². The van der Waals surface area contributed by atoms with E-state index in [-0.39, 0.29) is 17.5 Å². The van der Waals surface area contributed by atoms with Gasteiger partial charge in [-0.2, -0.15) is 0 Å².